The smallest absolute Gasteiger partial charge is 0.350 e. The van der Waals surface area contributed by atoms with Crippen molar-refractivity contribution in [1.29, 1.82) is 21.0 Å². The summed E-state index contributed by atoms with van der Waals surface area (Å²) in [6.45, 7) is 13.3. The maximum atomic E-state index is 14.1. The standard InChI is InChI=1S/C30H26ClN7O4S.C29H23ClN6O5S.C23H13ClFN5O3S.C17H11N5O4S/c1-36-10-12-37(13-11-36)9-8-17-2-4-19(5-3-17)34-28(39)27-23-22-24(18(14-32)15-33-29(22)43-27)38(30(40)35-23)25-20(31)6-7-21-26(25)42-16-41-21;30-19-5-6-20-25(41-15-40-20)24(19)36-23-17(13-31)14-32-28-21(23)22(34-29(36)38)26(42-28)27(37)33-18-3-1-16(2-4-18)7-8-35-9-11-39-12-10-35;1-2-33-22(31)20-18-16-19(30(23(32)29-18)12-5-7-27-8-6-12)14(10-26)17(28-21(16)34-20)13-9-11(25)3-4-15(13)24;1-2-26-16(24)13-11-10-12(9(7-18)14(23)21-15(10)27-13)22(17(25)20-11)8-3-5-19-6-4-8/h2-7,15H,8-13,16H2,1H3,(H,34,39)(H,35,40);1-6,14H,7-12,15H2,(H,33,37)(H,34,38);3-9H,2H2,1H3,(H,29,32);3-6H,2H2,1H3,(H,20,25)(H,21,23). The van der Waals surface area contributed by atoms with Gasteiger partial charge < -0.3 is 79.8 Å². The van der Waals surface area contributed by atoms with E-state index < -0.39 is 59.3 Å². The number of benzene rings is 5. The number of morpholine rings is 1. The summed E-state index contributed by atoms with van der Waals surface area (Å²) in [4.78, 5) is 157. The van der Waals surface area contributed by atoms with Crippen molar-refractivity contribution in [2.45, 2.75) is 26.7 Å². The summed E-state index contributed by atoms with van der Waals surface area (Å²) in [5.74, 6) is -1.17. The number of amides is 10. The molecule has 7 N–H and O–H groups in total. The number of esters is 2. The van der Waals surface area contributed by atoms with E-state index in [0.717, 1.165) is 124 Å². The normalized spacial score (nSPS) is 14.6. The van der Waals surface area contributed by atoms with Crippen LogP contribution in [0.5, 0.6) is 23.0 Å². The molecule has 0 radical (unpaired) electrons. The van der Waals surface area contributed by atoms with E-state index in [1.54, 1.807) is 62.4 Å². The summed E-state index contributed by atoms with van der Waals surface area (Å²) < 4.78 is 52.0. The van der Waals surface area contributed by atoms with Crippen LogP contribution >= 0.6 is 80.1 Å². The maximum absolute atomic E-state index is 14.1. The average Bonchev–Trinajstić information content (AvgIpc) is 1.65. The Morgan fingerprint density at radius 2 is 0.911 bits per heavy atom. The van der Waals surface area contributed by atoms with Gasteiger partial charge in [-0.05, 0) is 136 Å². The van der Waals surface area contributed by atoms with E-state index >= 15 is 0 Å². The summed E-state index contributed by atoms with van der Waals surface area (Å²) in [6, 6.07) is 37.9. The van der Waals surface area contributed by atoms with Gasteiger partial charge in [0, 0.05) is 106 Å². The van der Waals surface area contributed by atoms with Crippen molar-refractivity contribution in [3.05, 3.63) is 237 Å². The molecule has 23 rings (SSSR count). The van der Waals surface area contributed by atoms with E-state index in [0.29, 0.717) is 86.6 Å². The molecule has 732 valence electrons. The fourth-order valence-electron chi connectivity index (χ4n) is 17.6. The number of nitrogens with zero attached hydrogens (tertiary/aromatic N) is 16. The highest BCUT2D eigenvalue weighted by Gasteiger charge is 2.44. The first kappa shape index (κ1) is 96.9. The molecule has 39 nitrogen and oxygen atoms in total. The molecule has 0 bridgehead atoms. The molecule has 15 aromatic rings. The average molecular weight is 2090 g/mol. The topological polar surface area (TPSA) is 489 Å². The number of rotatable bonds is 19. The number of aromatic nitrogens is 6. The molecule has 2 fully saturated rings. The first-order valence-electron chi connectivity index (χ1n) is 44.9. The van der Waals surface area contributed by atoms with Crippen LogP contribution in [0.15, 0.2) is 157 Å². The summed E-state index contributed by atoms with van der Waals surface area (Å²) in [6.07, 6.45) is 10.6. The third kappa shape index (κ3) is 18.2. The fourth-order valence-corrected chi connectivity index (χ4v) is 22.3. The molecule has 18 heterocycles. The molecule has 0 atom stereocenters. The predicted octanol–water partition coefficient (Wildman–Crippen LogP) is 19.2. The summed E-state index contributed by atoms with van der Waals surface area (Å²) in [5.41, 5.74) is 6.58. The van der Waals surface area contributed by atoms with Crippen molar-refractivity contribution in [3.63, 3.8) is 0 Å². The quantitative estimate of drug-likeness (QED) is 0.0370. The lowest BCUT2D eigenvalue weighted by molar-refractivity contribution is 0.0384. The molecular formula is C99H73Cl3FN23O16S4. The van der Waals surface area contributed by atoms with E-state index in [1.165, 1.54) is 86.1 Å². The second-order valence-electron chi connectivity index (χ2n) is 33.0. The number of fused-ring (bicyclic) bond motifs is 2. The Labute approximate surface area is 856 Å². The van der Waals surface area contributed by atoms with Crippen molar-refractivity contribution in [2.75, 3.05) is 151 Å². The Morgan fingerprint density at radius 1 is 0.479 bits per heavy atom. The highest BCUT2D eigenvalue weighted by atomic mass is 35.5. The number of carbonyl (C=O) groups excluding carboxylic acids is 8. The van der Waals surface area contributed by atoms with Gasteiger partial charge in [0.25, 0.3) is 17.4 Å². The highest BCUT2D eigenvalue weighted by molar-refractivity contribution is 7.22. The maximum Gasteiger partial charge on any atom is 0.350 e. The third-order valence-electron chi connectivity index (χ3n) is 24.4. The molecule has 47 heteroatoms. The van der Waals surface area contributed by atoms with Gasteiger partial charge in [0.15, 0.2) is 23.0 Å². The Kier molecular flexibility index (Phi) is 27.2. The highest BCUT2D eigenvalue weighted by Crippen LogP contribution is 2.58. The number of hydrogen-bond acceptors (Lipinski definition) is 32. The van der Waals surface area contributed by atoms with Crippen molar-refractivity contribution in [1.82, 2.24) is 44.6 Å². The molecule has 146 heavy (non-hydrogen) atoms. The Bertz CT molecular complexity index is 8200. The zero-order chi connectivity index (χ0) is 102. The van der Waals surface area contributed by atoms with Crippen molar-refractivity contribution < 1.29 is 75.9 Å². The Hall–Kier alpha value is -16.6. The summed E-state index contributed by atoms with van der Waals surface area (Å²) >= 11 is 23.7. The molecule has 0 unspecified atom stereocenters. The van der Waals surface area contributed by atoms with Crippen LogP contribution < -0.4 is 76.0 Å². The lowest BCUT2D eigenvalue weighted by atomic mass is 10.00. The van der Waals surface area contributed by atoms with Crippen LogP contribution in [0.4, 0.5) is 103 Å². The number of anilines is 14. The molecule has 0 saturated carbocycles. The first-order chi connectivity index (χ1) is 70.9. The van der Waals surface area contributed by atoms with Gasteiger partial charge in [-0.1, -0.05) is 59.1 Å². The molecule has 10 amide bonds. The number of hydrogen-bond donors (Lipinski definition) is 7. The lowest BCUT2D eigenvalue weighted by Gasteiger charge is -2.32. The van der Waals surface area contributed by atoms with E-state index in [2.05, 4.69) is 102 Å². The van der Waals surface area contributed by atoms with Crippen LogP contribution in [0, 0.1) is 51.1 Å². The molecule has 2 saturated heterocycles. The van der Waals surface area contributed by atoms with Gasteiger partial charge in [-0.2, -0.15) is 21.0 Å². The molecule has 8 aliphatic rings. The zero-order valence-electron chi connectivity index (χ0n) is 76.6. The number of pyridine rings is 6. The van der Waals surface area contributed by atoms with E-state index in [4.69, 9.17) is 68.0 Å². The van der Waals surface area contributed by atoms with Crippen molar-refractivity contribution in [2.24, 2.45) is 0 Å². The number of likely N-dealkylation sites (N-methyl/N-ethyl adjacent to an activating group) is 1. The second kappa shape index (κ2) is 41.0. The largest absolute Gasteiger partial charge is 0.462 e. The number of aromatic amines is 1. The number of ether oxygens (including phenoxy) is 7. The monoisotopic (exact) mass is 2090 g/mol. The minimum atomic E-state index is -0.642. The Balaban J connectivity index is 0.000000120. The minimum Gasteiger partial charge on any atom is -0.462 e. The third-order valence-corrected chi connectivity index (χ3v) is 29.7. The number of H-pyrrole nitrogens is 1. The number of halogens is 4. The van der Waals surface area contributed by atoms with Crippen LogP contribution in [-0.4, -0.2) is 192 Å². The Morgan fingerprint density at radius 3 is 1.38 bits per heavy atom. The van der Waals surface area contributed by atoms with Crippen LogP contribution in [0.25, 0.3) is 52.1 Å². The van der Waals surface area contributed by atoms with Gasteiger partial charge in [0.1, 0.15) is 91.4 Å². The van der Waals surface area contributed by atoms with Crippen molar-refractivity contribution >= 4 is 249 Å². The minimum absolute atomic E-state index is 0.00104. The van der Waals surface area contributed by atoms with E-state index in [9.17, 15) is 68.6 Å². The van der Waals surface area contributed by atoms with E-state index in [-0.39, 0.29) is 152 Å². The van der Waals surface area contributed by atoms with E-state index in [1.807, 2.05) is 54.6 Å². The van der Waals surface area contributed by atoms with Gasteiger partial charge in [-0.25, -0.2) is 48.1 Å². The summed E-state index contributed by atoms with van der Waals surface area (Å²) in [7, 11) is 2.15. The van der Waals surface area contributed by atoms with Crippen LogP contribution in [0.3, 0.4) is 0 Å². The fraction of sp³-hybridized carbons (Fsp3) is 0.192. The molecular weight excluding hydrogens is 2020 g/mol. The van der Waals surface area contributed by atoms with Crippen LogP contribution in [-0.2, 0) is 27.1 Å². The van der Waals surface area contributed by atoms with Gasteiger partial charge in [0.05, 0.1) is 137 Å². The zero-order valence-corrected chi connectivity index (χ0v) is 82.1. The number of nitrogens with one attached hydrogen (secondary N) is 7. The number of thiophene rings is 4. The van der Waals surface area contributed by atoms with Gasteiger partial charge in [-0.15, -0.1) is 45.3 Å². The van der Waals surface area contributed by atoms with Gasteiger partial charge >= 0.3 is 36.1 Å². The van der Waals surface area contributed by atoms with Crippen molar-refractivity contribution in [3.8, 4) is 58.5 Å². The number of piperazine rings is 1. The lowest BCUT2D eigenvalue weighted by Crippen LogP contribution is -2.45. The molecule has 10 aromatic heterocycles. The predicted molar refractivity (Wildman–Crippen MR) is 548 cm³/mol. The number of urea groups is 4. The first-order valence-corrected chi connectivity index (χ1v) is 49.3. The summed E-state index contributed by atoms with van der Waals surface area (Å²) in [5, 5.41) is 59.0. The van der Waals surface area contributed by atoms with Crippen LogP contribution in [0.2, 0.25) is 15.1 Å². The molecule has 0 spiro atoms. The van der Waals surface area contributed by atoms with Gasteiger partial charge in [-0.3, -0.25) is 48.9 Å². The molecule has 0 aliphatic carbocycles. The second-order valence-corrected chi connectivity index (χ2v) is 38.3. The molecule has 5 aromatic carbocycles. The SMILES string of the molecule is CCOC(=O)c1sc2[nH]c(=O)c(C#N)c3c2c1NC(=O)N3c1ccncc1.CCOC(=O)c1sc2nc(-c3cc(F)ccc3Cl)c(C#N)c3c2c1NC(=O)N3c1ccncc1.CN1CCN(CCc2ccc(NC(=O)c3sc4ncc(C#N)c5c4c3NC(=O)N5c3c(Cl)ccc4c3OCO4)cc2)CC1.N#Cc1cnc2sc(C(=O)Nc3ccc(CCN4CCOCC4)cc3)c3c2c1N(c1c(Cl)ccc2c1OCO2)C(=O)N3. The number of nitriles is 4. The van der Waals surface area contributed by atoms with Crippen LogP contribution in [0.1, 0.15) is 85.9 Å². The number of carbonyl (C=O) groups is 8. The van der Waals surface area contributed by atoms with Gasteiger partial charge in [0.2, 0.25) is 13.6 Å². The molecule has 8 aliphatic heterocycles.